The molecule has 2 saturated heterocycles. The third-order valence-corrected chi connectivity index (χ3v) is 5.43. The summed E-state index contributed by atoms with van der Waals surface area (Å²) in [5, 5.41) is 2.56. The maximum atomic E-state index is 14.7. The molecule has 0 radical (unpaired) electrons. The molecule has 1 N–H and O–H groups in total. The Morgan fingerprint density at radius 2 is 1.76 bits per heavy atom. The molecule has 5 nitrogen and oxygen atoms in total. The lowest BCUT2D eigenvalue weighted by Crippen LogP contribution is -2.30. The van der Waals surface area contributed by atoms with Crippen LogP contribution in [0.1, 0.15) is 36.0 Å². The first-order chi connectivity index (χ1) is 14.0. The van der Waals surface area contributed by atoms with Crippen LogP contribution in [0.15, 0.2) is 48.2 Å². The monoisotopic (exact) mass is 393 g/mol. The SMILES string of the molecule is Cc1ccc(CN2C(=O)NC(=Cc3ccc(N4CCCCC4)cc3F)C2=O)cc1. The molecule has 29 heavy (non-hydrogen) atoms. The molecule has 6 heteroatoms. The lowest BCUT2D eigenvalue weighted by atomic mass is 10.1. The number of halogens is 1. The van der Waals surface area contributed by atoms with Gasteiger partial charge in [-0.15, -0.1) is 0 Å². The van der Waals surface area contributed by atoms with Crippen molar-refractivity contribution in [2.75, 3.05) is 18.0 Å². The molecule has 0 saturated carbocycles. The predicted molar refractivity (Wildman–Crippen MR) is 111 cm³/mol. The van der Waals surface area contributed by atoms with Gasteiger partial charge < -0.3 is 10.2 Å². The number of anilines is 1. The van der Waals surface area contributed by atoms with E-state index in [1.807, 2.05) is 37.3 Å². The van der Waals surface area contributed by atoms with Crippen LogP contribution >= 0.6 is 0 Å². The highest BCUT2D eigenvalue weighted by Gasteiger charge is 2.33. The molecule has 2 aliphatic heterocycles. The summed E-state index contributed by atoms with van der Waals surface area (Å²) in [5.74, 6) is -0.852. The largest absolute Gasteiger partial charge is 0.371 e. The van der Waals surface area contributed by atoms with E-state index in [0.717, 1.165) is 47.6 Å². The van der Waals surface area contributed by atoms with E-state index in [4.69, 9.17) is 0 Å². The first kappa shape index (κ1) is 19.2. The van der Waals surface area contributed by atoms with Crippen LogP contribution in [0.2, 0.25) is 0 Å². The van der Waals surface area contributed by atoms with E-state index in [1.54, 1.807) is 6.07 Å². The molecule has 150 valence electrons. The van der Waals surface area contributed by atoms with Gasteiger partial charge in [0.25, 0.3) is 5.91 Å². The number of carbonyl (C=O) groups excluding carboxylic acids is 2. The molecule has 0 aliphatic carbocycles. The minimum atomic E-state index is -0.493. The van der Waals surface area contributed by atoms with E-state index < -0.39 is 17.8 Å². The number of nitrogens with one attached hydrogen (secondary N) is 1. The Labute approximate surface area is 169 Å². The second-order valence-corrected chi connectivity index (χ2v) is 7.62. The molecule has 0 unspecified atom stereocenters. The lowest BCUT2D eigenvalue weighted by molar-refractivity contribution is -0.123. The van der Waals surface area contributed by atoms with Gasteiger partial charge in [0.15, 0.2) is 0 Å². The summed E-state index contributed by atoms with van der Waals surface area (Å²) in [6.45, 7) is 4.02. The summed E-state index contributed by atoms with van der Waals surface area (Å²) in [4.78, 5) is 28.2. The lowest BCUT2D eigenvalue weighted by Gasteiger charge is -2.28. The molecular formula is C23H24FN3O2. The van der Waals surface area contributed by atoms with E-state index in [9.17, 15) is 14.0 Å². The molecule has 3 amide bonds. The Kier molecular flexibility index (Phi) is 5.34. The molecule has 2 heterocycles. The highest BCUT2D eigenvalue weighted by atomic mass is 19.1. The van der Waals surface area contributed by atoms with Crippen molar-refractivity contribution in [2.24, 2.45) is 0 Å². The minimum absolute atomic E-state index is 0.0896. The first-order valence-corrected chi connectivity index (χ1v) is 9.96. The van der Waals surface area contributed by atoms with E-state index >= 15 is 0 Å². The van der Waals surface area contributed by atoms with Crippen molar-refractivity contribution in [1.82, 2.24) is 10.2 Å². The number of piperidine rings is 1. The van der Waals surface area contributed by atoms with Gasteiger partial charge in [-0.05, 0) is 56.0 Å². The number of urea groups is 1. The number of hydrogen-bond donors (Lipinski definition) is 1. The third kappa shape index (κ3) is 4.16. The van der Waals surface area contributed by atoms with Crippen molar-refractivity contribution >= 4 is 23.7 Å². The summed E-state index contributed by atoms with van der Waals surface area (Å²) >= 11 is 0. The fourth-order valence-electron chi connectivity index (χ4n) is 3.73. The Morgan fingerprint density at radius 3 is 2.45 bits per heavy atom. The standard InChI is InChI=1S/C23H24FN3O2/c1-16-5-7-17(8-6-16)15-27-22(28)21(25-23(27)29)13-18-9-10-19(14-20(18)24)26-11-3-2-4-12-26/h5-10,13-14H,2-4,11-12,15H2,1H3,(H,25,29). The second kappa shape index (κ2) is 8.07. The molecule has 4 rings (SSSR count). The summed E-state index contributed by atoms with van der Waals surface area (Å²) < 4.78 is 14.7. The van der Waals surface area contributed by atoms with Gasteiger partial charge in [0.1, 0.15) is 11.5 Å². The van der Waals surface area contributed by atoms with Gasteiger partial charge in [-0.1, -0.05) is 29.8 Å². The Bertz CT molecular complexity index is 963. The summed E-state index contributed by atoms with van der Waals surface area (Å²) in [7, 11) is 0. The van der Waals surface area contributed by atoms with Gasteiger partial charge in [0.05, 0.1) is 6.54 Å². The Balaban J connectivity index is 1.51. The average Bonchev–Trinajstić information content (AvgIpc) is 2.99. The first-order valence-electron chi connectivity index (χ1n) is 9.96. The fourth-order valence-corrected chi connectivity index (χ4v) is 3.73. The van der Waals surface area contributed by atoms with Crippen LogP contribution in [0.25, 0.3) is 6.08 Å². The molecule has 2 aromatic rings. The van der Waals surface area contributed by atoms with Crippen molar-refractivity contribution in [3.63, 3.8) is 0 Å². The van der Waals surface area contributed by atoms with E-state index in [2.05, 4.69) is 10.2 Å². The number of carbonyl (C=O) groups is 2. The molecule has 0 atom stereocenters. The van der Waals surface area contributed by atoms with Crippen molar-refractivity contribution in [2.45, 2.75) is 32.7 Å². The summed E-state index contributed by atoms with van der Waals surface area (Å²) in [6, 6.07) is 12.2. The normalized spacial score (nSPS) is 18.5. The van der Waals surface area contributed by atoms with Crippen LogP contribution in [0.4, 0.5) is 14.9 Å². The zero-order chi connectivity index (χ0) is 20.4. The third-order valence-electron chi connectivity index (χ3n) is 5.43. The zero-order valence-electron chi connectivity index (χ0n) is 16.5. The van der Waals surface area contributed by atoms with Crippen LogP contribution in [0.3, 0.4) is 0 Å². The van der Waals surface area contributed by atoms with Crippen molar-refractivity contribution in [3.05, 3.63) is 70.7 Å². The van der Waals surface area contributed by atoms with Crippen LogP contribution in [-0.2, 0) is 11.3 Å². The van der Waals surface area contributed by atoms with Gasteiger partial charge in [0.2, 0.25) is 0 Å². The van der Waals surface area contributed by atoms with Crippen LogP contribution in [0.5, 0.6) is 0 Å². The Morgan fingerprint density at radius 1 is 1.03 bits per heavy atom. The average molecular weight is 393 g/mol. The number of aryl methyl sites for hydroxylation is 1. The number of hydrogen-bond acceptors (Lipinski definition) is 3. The van der Waals surface area contributed by atoms with Gasteiger partial charge in [-0.3, -0.25) is 9.69 Å². The van der Waals surface area contributed by atoms with Gasteiger partial charge in [-0.2, -0.15) is 0 Å². The maximum absolute atomic E-state index is 14.7. The number of rotatable bonds is 4. The Hall–Kier alpha value is -3.15. The highest BCUT2D eigenvalue weighted by Crippen LogP contribution is 2.24. The summed E-state index contributed by atoms with van der Waals surface area (Å²) in [5.41, 5.74) is 3.19. The molecule has 0 spiro atoms. The highest BCUT2D eigenvalue weighted by molar-refractivity contribution is 6.13. The van der Waals surface area contributed by atoms with E-state index in [0.29, 0.717) is 0 Å². The number of benzene rings is 2. The minimum Gasteiger partial charge on any atom is -0.371 e. The second-order valence-electron chi connectivity index (χ2n) is 7.62. The van der Waals surface area contributed by atoms with Crippen molar-refractivity contribution in [1.29, 1.82) is 0 Å². The molecule has 2 aromatic carbocycles. The fraction of sp³-hybridized carbons (Fsp3) is 0.304. The predicted octanol–water partition coefficient (Wildman–Crippen LogP) is 4.22. The van der Waals surface area contributed by atoms with E-state index in [1.165, 1.54) is 18.6 Å². The van der Waals surface area contributed by atoms with Gasteiger partial charge in [0, 0.05) is 24.3 Å². The van der Waals surface area contributed by atoms with E-state index in [-0.39, 0.29) is 17.8 Å². The molecule has 0 bridgehead atoms. The maximum Gasteiger partial charge on any atom is 0.329 e. The number of imide groups is 1. The number of amides is 3. The van der Waals surface area contributed by atoms with Crippen LogP contribution in [0, 0.1) is 12.7 Å². The quantitative estimate of drug-likeness (QED) is 0.625. The molecule has 2 fully saturated rings. The molecule has 2 aliphatic rings. The zero-order valence-corrected chi connectivity index (χ0v) is 16.5. The van der Waals surface area contributed by atoms with Gasteiger partial charge in [-0.25, -0.2) is 9.18 Å². The smallest absolute Gasteiger partial charge is 0.329 e. The summed E-state index contributed by atoms with van der Waals surface area (Å²) in [6.07, 6.45) is 4.85. The molecule has 0 aromatic heterocycles. The number of nitrogens with zero attached hydrogens (tertiary/aromatic N) is 2. The van der Waals surface area contributed by atoms with Gasteiger partial charge >= 0.3 is 6.03 Å². The van der Waals surface area contributed by atoms with Crippen molar-refractivity contribution < 1.29 is 14.0 Å². The van der Waals surface area contributed by atoms with Crippen LogP contribution in [-0.4, -0.2) is 29.9 Å². The van der Waals surface area contributed by atoms with Crippen molar-refractivity contribution in [3.8, 4) is 0 Å². The molecular weight excluding hydrogens is 369 g/mol. The topological polar surface area (TPSA) is 52.7 Å². The van der Waals surface area contributed by atoms with Crippen LogP contribution < -0.4 is 10.2 Å².